The Bertz CT molecular complexity index is 1580. The molecule has 2 N–H and O–H groups in total. The predicted octanol–water partition coefficient (Wildman–Crippen LogP) is 7.99. The van der Waals surface area contributed by atoms with Crippen LogP contribution < -0.4 is 10.6 Å². The Labute approximate surface area is 227 Å². The molecule has 0 bridgehead atoms. The van der Waals surface area contributed by atoms with Gasteiger partial charge in [-0.05, 0) is 66.2 Å². The Kier molecular flexibility index (Phi) is 7.55. The standard InChI is InChI=1S/C29H22ClN3O2S2/c1-18(37-25-13-11-24(12-14-25)31-28(35)22-7-4-8-23(30)16-22)27(34)33-29-32-26(17-36-29)21-10-9-19-5-2-3-6-20(19)15-21/h2-18H,1H3,(H,31,35)(H,32,33,34). The molecule has 5 rings (SSSR count). The summed E-state index contributed by atoms with van der Waals surface area (Å²) < 4.78 is 0. The van der Waals surface area contributed by atoms with E-state index in [2.05, 4.69) is 39.9 Å². The number of thiazole rings is 1. The summed E-state index contributed by atoms with van der Waals surface area (Å²) in [7, 11) is 0. The monoisotopic (exact) mass is 543 g/mol. The number of carbonyl (C=O) groups excluding carboxylic acids is 2. The molecule has 1 unspecified atom stereocenters. The molecule has 0 aliphatic carbocycles. The lowest BCUT2D eigenvalue weighted by molar-refractivity contribution is -0.115. The van der Waals surface area contributed by atoms with Crippen LogP contribution in [-0.4, -0.2) is 22.0 Å². The molecule has 1 aromatic heterocycles. The van der Waals surface area contributed by atoms with Crippen molar-refractivity contribution in [3.05, 3.63) is 107 Å². The molecule has 0 saturated carbocycles. The molecule has 0 aliphatic heterocycles. The first-order valence-electron chi connectivity index (χ1n) is 11.5. The van der Waals surface area contributed by atoms with Gasteiger partial charge in [0.25, 0.3) is 5.91 Å². The average Bonchev–Trinajstić information content (AvgIpc) is 3.38. The number of halogens is 1. The second-order valence-electron chi connectivity index (χ2n) is 8.34. The van der Waals surface area contributed by atoms with Gasteiger partial charge in [-0.2, -0.15) is 0 Å². The van der Waals surface area contributed by atoms with E-state index < -0.39 is 0 Å². The van der Waals surface area contributed by atoms with Crippen molar-refractivity contribution in [1.29, 1.82) is 0 Å². The molecule has 37 heavy (non-hydrogen) atoms. The number of benzene rings is 4. The number of nitrogens with one attached hydrogen (secondary N) is 2. The lowest BCUT2D eigenvalue weighted by Crippen LogP contribution is -2.22. The highest BCUT2D eigenvalue weighted by Gasteiger charge is 2.17. The van der Waals surface area contributed by atoms with Gasteiger partial charge in [0.1, 0.15) is 0 Å². The molecule has 4 aromatic carbocycles. The molecule has 0 fully saturated rings. The molecule has 0 radical (unpaired) electrons. The van der Waals surface area contributed by atoms with Crippen LogP contribution in [0.4, 0.5) is 10.8 Å². The first kappa shape index (κ1) is 25.0. The normalized spacial score (nSPS) is 11.7. The van der Waals surface area contributed by atoms with Gasteiger partial charge in [0.2, 0.25) is 5.91 Å². The quantitative estimate of drug-likeness (QED) is 0.204. The van der Waals surface area contributed by atoms with Crippen molar-refractivity contribution in [3.63, 3.8) is 0 Å². The Morgan fingerprint density at radius 1 is 0.892 bits per heavy atom. The molecular weight excluding hydrogens is 522 g/mol. The second-order valence-corrected chi connectivity index (χ2v) is 11.0. The maximum atomic E-state index is 12.8. The molecule has 2 amide bonds. The number of carbonyl (C=O) groups is 2. The topological polar surface area (TPSA) is 71.1 Å². The maximum absolute atomic E-state index is 12.8. The van der Waals surface area contributed by atoms with Gasteiger partial charge in [-0.15, -0.1) is 23.1 Å². The molecule has 0 spiro atoms. The van der Waals surface area contributed by atoms with Gasteiger partial charge in [-0.3, -0.25) is 9.59 Å². The summed E-state index contributed by atoms with van der Waals surface area (Å²) in [6.45, 7) is 1.85. The molecule has 8 heteroatoms. The molecule has 5 aromatic rings. The lowest BCUT2D eigenvalue weighted by atomic mass is 10.1. The highest BCUT2D eigenvalue weighted by atomic mass is 35.5. The van der Waals surface area contributed by atoms with E-state index in [1.165, 1.54) is 28.5 Å². The maximum Gasteiger partial charge on any atom is 0.255 e. The number of rotatable bonds is 7. The van der Waals surface area contributed by atoms with E-state index in [1.54, 1.807) is 24.3 Å². The molecule has 1 atom stereocenters. The number of thioether (sulfide) groups is 1. The number of anilines is 2. The predicted molar refractivity (Wildman–Crippen MR) is 155 cm³/mol. The van der Waals surface area contributed by atoms with Crippen LogP contribution in [0.15, 0.2) is 101 Å². The van der Waals surface area contributed by atoms with Gasteiger partial charge in [0, 0.05) is 32.1 Å². The number of nitrogens with zero attached hydrogens (tertiary/aromatic N) is 1. The number of hydrogen-bond donors (Lipinski definition) is 2. The first-order valence-corrected chi connectivity index (χ1v) is 13.7. The minimum absolute atomic E-state index is 0.122. The zero-order valence-electron chi connectivity index (χ0n) is 19.8. The van der Waals surface area contributed by atoms with Crippen molar-refractivity contribution in [3.8, 4) is 11.3 Å². The van der Waals surface area contributed by atoms with Gasteiger partial charge < -0.3 is 10.6 Å². The van der Waals surface area contributed by atoms with E-state index in [9.17, 15) is 9.59 Å². The van der Waals surface area contributed by atoms with Crippen LogP contribution in [-0.2, 0) is 4.79 Å². The number of amides is 2. The summed E-state index contributed by atoms with van der Waals surface area (Å²) in [6.07, 6.45) is 0. The third kappa shape index (κ3) is 6.20. The molecular formula is C29H22ClN3O2S2. The number of hydrogen-bond acceptors (Lipinski definition) is 5. The zero-order valence-corrected chi connectivity index (χ0v) is 22.2. The van der Waals surface area contributed by atoms with Crippen LogP contribution in [0, 0.1) is 0 Å². The van der Waals surface area contributed by atoms with E-state index in [0.29, 0.717) is 21.4 Å². The Balaban J connectivity index is 1.17. The van der Waals surface area contributed by atoms with Crippen molar-refractivity contribution in [2.75, 3.05) is 10.6 Å². The summed E-state index contributed by atoms with van der Waals surface area (Å²) in [6, 6.07) is 28.6. The van der Waals surface area contributed by atoms with Crippen LogP contribution in [0.3, 0.4) is 0 Å². The van der Waals surface area contributed by atoms with Crippen molar-refractivity contribution >= 4 is 68.1 Å². The fourth-order valence-electron chi connectivity index (χ4n) is 3.73. The minimum atomic E-state index is -0.333. The first-order chi connectivity index (χ1) is 17.9. The van der Waals surface area contributed by atoms with Crippen LogP contribution in [0.25, 0.3) is 22.0 Å². The minimum Gasteiger partial charge on any atom is -0.322 e. The van der Waals surface area contributed by atoms with Crippen molar-refractivity contribution in [1.82, 2.24) is 4.98 Å². The third-order valence-electron chi connectivity index (χ3n) is 5.66. The van der Waals surface area contributed by atoms with Crippen LogP contribution in [0.5, 0.6) is 0 Å². The Hall–Kier alpha value is -3.65. The van der Waals surface area contributed by atoms with E-state index in [1.807, 2.05) is 54.8 Å². The molecule has 184 valence electrons. The van der Waals surface area contributed by atoms with Crippen molar-refractivity contribution in [2.24, 2.45) is 0 Å². The van der Waals surface area contributed by atoms with E-state index in [-0.39, 0.29) is 17.1 Å². The van der Waals surface area contributed by atoms with Gasteiger partial charge in [0.05, 0.1) is 10.9 Å². The van der Waals surface area contributed by atoms with Gasteiger partial charge in [-0.25, -0.2) is 4.98 Å². The van der Waals surface area contributed by atoms with Crippen LogP contribution in [0.1, 0.15) is 17.3 Å². The van der Waals surface area contributed by atoms with Gasteiger partial charge in [0.15, 0.2) is 5.13 Å². The van der Waals surface area contributed by atoms with Gasteiger partial charge in [-0.1, -0.05) is 54.1 Å². The lowest BCUT2D eigenvalue weighted by Gasteiger charge is -2.11. The van der Waals surface area contributed by atoms with E-state index >= 15 is 0 Å². The molecule has 5 nitrogen and oxygen atoms in total. The highest BCUT2D eigenvalue weighted by molar-refractivity contribution is 8.00. The highest BCUT2D eigenvalue weighted by Crippen LogP contribution is 2.29. The second kappa shape index (κ2) is 11.2. The third-order valence-corrected chi connectivity index (χ3v) is 7.77. The number of aromatic nitrogens is 1. The molecule has 0 saturated heterocycles. The summed E-state index contributed by atoms with van der Waals surface area (Å²) in [5, 5.41) is 10.8. The van der Waals surface area contributed by atoms with Crippen molar-refractivity contribution in [2.45, 2.75) is 17.1 Å². The average molecular weight is 544 g/mol. The largest absolute Gasteiger partial charge is 0.322 e. The zero-order chi connectivity index (χ0) is 25.8. The van der Waals surface area contributed by atoms with E-state index in [4.69, 9.17) is 11.6 Å². The summed E-state index contributed by atoms with van der Waals surface area (Å²) in [5.74, 6) is -0.357. The fraction of sp³-hybridized carbons (Fsp3) is 0.0690. The summed E-state index contributed by atoms with van der Waals surface area (Å²) >= 11 is 8.81. The van der Waals surface area contributed by atoms with Crippen molar-refractivity contribution < 1.29 is 9.59 Å². The Morgan fingerprint density at radius 3 is 2.46 bits per heavy atom. The summed E-state index contributed by atoms with van der Waals surface area (Å²) in [4.78, 5) is 30.7. The molecule has 0 aliphatic rings. The SMILES string of the molecule is CC(Sc1ccc(NC(=O)c2cccc(Cl)c2)cc1)C(=O)Nc1nc(-c2ccc3ccccc3c2)cs1. The van der Waals surface area contributed by atoms with E-state index in [0.717, 1.165) is 21.5 Å². The smallest absolute Gasteiger partial charge is 0.255 e. The number of fused-ring (bicyclic) bond motifs is 1. The van der Waals surface area contributed by atoms with Gasteiger partial charge >= 0.3 is 0 Å². The van der Waals surface area contributed by atoms with Crippen LogP contribution in [0.2, 0.25) is 5.02 Å². The summed E-state index contributed by atoms with van der Waals surface area (Å²) in [5.41, 5.74) is 3.00. The molecule has 1 heterocycles. The fourth-order valence-corrected chi connectivity index (χ4v) is 5.51. The van der Waals surface area contributed by atoms with Crippen LogP contribution >= 0.6 is 34.7 Å². The Morgan fingerprint density at radius 2 is 1.68 bits per heavy atom.